The van der Waals surface area contributed by atoms with Crippen molar-refractivity contribution in [1.82, 2.24) is 25.6 Å². The lowest BCUT2D eigenvalue weighted by molar-refractivity contribution is -0.139. The predicted molar refractivity (Wildman–Crippen MR) is 118 cm³/mol. The number of hydrogen-bond acceptors (Lipinski definition) is 10. The molecule has 1 unspecified atom stereocenters. The molecule has 0 aliphatic carbocycles. The summed E-state index contributed by atoms with van der Waals surface area (Å²) >= 11 is 8.35. The zero-order chi connectivity index (χ0) is 22.8. The Hall–Kier alpha value is -3.16. The molecule has 2 aliphatic rings. The van der Waals surface area contributed by atoms with Crippen molar-refractivity contribution in [3.8, 4) is 0 Å². The summed E-state index contributed by atoms with van der Waals surface area (Å²) in [6.45, 7) is 1.86. The van der Waals surface area contributed by atoms with Crippen molar-refractivity contribution in [1.29, 1.82) is 0 Å². The van der Waals surface area contributed by atoms with Gasteiger partial charge in [0.05, 0.1) is 17.4 Å². The van der Waals surface area contributed by atoms with Crippen molar-refractivity contribution in [2.24, 2.45) is 10.1 Å². The molecule has 11 nitrogen and oxygen atoms in total. The lowest BCUT2D eigenvalue weighted by Gasteiger charge is -2.25. The molecule has 1 atom stereocenters. The number of nitrogens with zero attached hydrogens (tertiary/aromatic N) is 6. The van der Waals surface area contributed by atoms with Crippen LogP contribution in [0.5, 0.6) is 0 Å². The highest BCUT2D eigenvalue weighted by atomic mass is 35.5. The Bertz CT molecular complexity index is 1180. The number of carbonyl (C=O) groups excluding carboxylic acids is 4. The first-order chi connectivity index (χ1) is 15.4. The van der Waals surface area contributed by atoms with Gasteiger partial charge < -0.3 is 0 Å². The summed E-state index contributed by atoms with van der Waals surface area (Å²) in [6, 6.07) is 5.37. The Morgan fingerprint density at radius 2 is 2.09 bits per heavy atom. The third-order valence-electron chi connectivity index (χ3n) is 4.51. The van der Waals surface area contributed by atoms with E-state index in [-0.39, 0.29) is 23.8 Å². The number of thioether (sulfide) groups is 1. The number of rotatable bonds is 6. The maximum atomic E-state index is 12.6. The van der Waals surface area contributed by atoms with Gasteiger partial charge in [0.25, 0.3) is 11.8 Å². The number of hydrogen-bond donors (Lipinski definition) is 1. The largest absolute Gasteiger partial charge is 0.276 e. The molecule has 32 heavy (non-hydrogen) atoms. The molecule has 0 radical (unpaired) electrons. The number of hydrazone groups is 1. The number of aromatic nitrogens is 2. The van der Waals surface area contributed by atoms with Crippen molar-refractivity contribution in [3.63, 3.8) is 0 Å². The number of amides is 4. The first-order valence-electron chi connectivity index (χ1n) is 9.12. The van der Waals surface area contributed by atoms with Crippen molar-refractivity contribution in [2.75, 3.05) is 0 Å². The zero-order valence-electron chi connectivity index (χ0n) is 16.4. The van der Waals surface area contributed by atoms with Crippen LogP contribution in [0.25, 0.3) is 0 Å². The Morgan fingerprint density at radius 1 is 1.28 bits per heavy atom. The monoisotopic (exact) mass is 491 g/mol. The molecule has 164 valence electrons. The summed E-state index contributed by atoms with van der Waals surface area (Å²) in [6.07, 6.45) is 0.956. The molecule has 0 saturated carbocycles. The summed E-state index contributed by atoms with van der Waals surface area (Å²) in [7, 11) is 0. The molecule has 1 aromatic carbocycles. The molecule has 4 amide bonds. The molecule has 1 fully saturated rings. The second-order valence-corrected chi connectivity index (χ2v) is 9.49. The van der Waals surface area contributed by atoms with E-state index in [1.807, 2.05) is 13.0 Å². The third kappa shape index (κ3) is 4.54. The number of carbonyl (C=O) groups is 4. The van der Waals surface area contributed by atoms with Gasteiger partial charge in [-0.2, -0.15) is 15.1 Å². The van der Waals surface area contributed by atoms with Crippen LogP contribution in [0.15, 0.2) is 32.6 Å². The number of hydrazine groups is 1. The van der Waals surface area contributed by atoms with E-state index in [0.717, 1.165) is 44.2 Å². The summed E-state index contributed by atoms with van der Waals surface area (Å²) in [5, 5.41) is 13.9. The second-order valence-electron chi connectivity index (χ2n) is 6.68. The van der Waals surface area contributed by atoms with Crippen molar-refractivity contribution >= 4 is 76.0 Å². The minimum Gasteiger partial charge on any atom is -0.276 e. The van der Waals surface area contributed by atoms with Gasteiger partial charge in [-0.15, -0.1) is 10.2 Å². The zero-order valence-corrected chi connectivity index (χ0v) is 18.8. The Kier molecular flexibility index (Phi) is 6.30. The minimum atomic E-state index is -0.645. The minimum absolute atomic E-state index is 0.0590. The number of amidine groups is 1. The standard InChI is InChI=1S/C18H14ClN7O4S2/c1-9-4-10(2-3-11(9)19)12-5-13(16(30)26(8-28)23-12)31-18-22-21-17(32-18)20-14-6-15(29)25(7-27)24-14/h2-4,7-8,13H,5-6H2,1H3,(H,20,21,24). The molecular formula is C18H14ClN7O4S2. The van der Waals surface area contributed by atoms with Crippen molar-refractivity contribution < 1.29 is 19.2 Å². The highest BCUT2D eigenvalue weighted by Gasteiger charge is 2.33. The maximum absolute atomic E-state index is 12.6. The third-order valence-corrected chi connectivity index (χ3v) is 7.02. The lowest BCUT2D eigenvalue weighted by atomic mass is 10.0. The van der Waals surface area contributed by atoms with Gasteiger partial charge in [0.1, 0.15) is 5.84 Å². The van der Waals surface area contributed by atoms with Gasteiger partial charge in [0, 0.05) is 11.4 Å². The lowest BCUT2D eigenvalue weighted by Crippen LogP contribution is -2.39. The molecule has 0 spiro atoms. The van der Waals surface area contributed by atoms with E-state index in [0.29, 0.717) is 27.9 Å². The summed E-state index contributed by atoms with van der Waals surface area (Å²) in [5.41, 5.74) is 4.74. The fourth-order valence-corrected chi connectivity index (χ4v) is 5.09. The molecular weight excluding hydrogens is 478 g/mol. The maximum Gasteiger partial charge on any atom is 0.263 e. The molecule has 1 N–H and O–H groups in total. The van der Waals surface area contributed by atoms with Crippen LogP contribution in [0.2, 0.25) is 5.02 Å². The first-order valence-corrected chi connectivity index (χ1v) is 11.2. The second kappa shape index (κ2) is 9.14. The Labute approximate surface area is 194 Å². The van der Waals surface area contributed by atoms with Gasteiger partial charge in [0.15, 0.2) is 4.34 Å². The highest BCUT2D eigenvalue weighted by molar-refractivity contribution is 8.02. The van der Waals surface area contributed by atoms with Crippen LogP contribution in [0, 0.1) is 6.92 Å². The van der Waals surface area contributed by atoms with E-state index in [9.17, 15) is 19.2 Å². The van der Waals surface area contributed by atoms with Crippen LogP contribution in [-0.4, -0.2) is 61.6 Å². The van der Waals surface area contributed by atoms with Gasteiger partial charge in [0.2, 0.25) is 18.0 Å². The number of halogens is 1. The molecule has 1 aromatic heterocycles. The fourth-order valence-electron chi connectivity index (χ4n) is 2.95. The van der Waals surface area contributed by atoms with Crippen LogP contribution in [0.1, 0.15) is 24.0 Å². The SMILES string of the molecule is Cc1cc(C2=NN(C=O)C(=O)C(Sc3nnc(/N=C4\CC(=O)N(C=O)N4)s3)C2)ccc1Cl. The van der Waals surface area contributed by atoms with Gasteiger partial charge in [-0.1, -0.05) is 40.8 Å². The molecule has 1 saturated heterocycles. The number of imide groups is 2. The summed E-state index contributed by atoms with van der Waals surface area (Å²) in [5.74, 6) is -0.626. The average Bonchev–Trinajstić information content (AvgIpc) is 3.37. The molecule has 2 aliphatic heterocycles. The summed E-state index contributed by atoms with van der Waals surface area (Å²) in [4.78, 5) is 50.6. The van der Waals surface area contributed by atoms with E-state index in [2.05, 4.69) is 25.7 Å². The molecule has 2 aromatic rings. The Morgan fingerprint density at radius 3 is 2.78 bits per heavy atom. The Balaban J connectivity index is 1.51. The average molecular weight is 492 g/mol. The van der Waals surface area contributed by atoms with E-state index in [1.165, 1.54) is 0 Å². The number of nitrogens with one attached hydrogen (secondary N) is 1. The van der Waals surface area contributed by atoms with E-state index in [4.69, 9.17) is 11.6 Å². The fraction of sp³-hybridized carbons (Fsp3) is 0.222. The summed E-state index contributed by atoms with van der Waals surface area (Å²) < 4.78 is 0.457. The first kappa shape index (κ1) is 22.0. The van der Waals surface area contributed by atoms with Crippen LogP contribution in [0.4, 0.5) is 5.13 Å². The van der Waals surface area contributed by atoms with Crippen molar-refractivity contribution in [2.45, 2.75) is 29.4 Å². The number of benzene rings is 1. The molecule has 3 heterocycles. The topological polar surface area (TPSA) is 137 Å². The molecule has 4 rings (SSSR count). The van der Waals surface area contributed by atoms with Crippen LogP contribution >= 0.6 is 34.7 Å². The van der Waals surface area contributed by atoms with Gasteiger partial charge in [-0.05, 0) is 30.2 Å². The van der Waals surface area contributed by atoms with Gasteiger partial charge in [-0.25, -0.2) is 4.99 Å². The van der Waals surface area contributed by atoms with Gasteiger partial charge in [-0.3, -0.25) is 24.6 Å². The van der Waals surface area contributed by atoms with E-state index in [1.54, 1.807) is 12.1 Å². The van der Waals surface area contributed by atoms with Crippen LogP contribution in [0.3, 0.4) is 0 Å². The van der Waals surface area contributed by atoms with Gasteiger partial charge >= 0.3 is 0 Å². The molecule has 0 bridgehead atoms. The number of aryl methyl sites for hydroxylation is 1. The molecule has 14 heteroatoms. The number of aliphatic imine (C=N–C) groups is 1. The van der Waals surface area contributed by atoms with E-state index < -0.39 is 17.1 Å². The highest BCUT2D eigenvalue weighted by Crippen LogP contribution is 2.35. The smallest absolute Gasteiger partial charge is 0.263 e. The van der Waals surface area contributed by atoms with Crippen molar-refractivity contribution in [3.05, 3.63) is 34.3 Å². The quantitative estimate of drug-likeness (QED) is 0.602. The predicted octanol–water partition coefficient (Wildman–Crippen LogP) is 1.68. The van der Waals surface area contributed by atoms with E-state index >= 15 is 0 Å². The normalized spacial score (nSPS) is 19.9. The van der Waals surface area contributed by atoms with Crippen LogP contribution in [-0.2, 0) is 19.2 Å². The van der Waals surface area contributed by atoms with Crippen LogP contribution < -0.4 is 5.43 Å².